The molecule has 1 saturated heterocycles. The molecule has 0 spiro atoms. The van der Waals surface area contributed by atoms with Crippen LogP contribution in [0.25, 0.3) is 0 Å². The van der Waals surface area contributed by atoms with Crippen LogP contribution in [-0.4, -0.2) is 73.3 Å². The third kappa shape index (κ3) is 29.0. The zero-order valence-corrected chi connectivity index (χ0v) is 29.4. The first-order chi connectivity index (χ1) is 17.6. The van der Waals surface area contributed by atoms with Crippen LogP contribution in [0, 0.1) is 11.3 Å². The second-order valence-corrected chi connectivity index (χ2v) is 12.0. The Balaban J connectivity index is -0.000000246. The Bertz CT molecular complexity index is 412. The Labute approximate surface area is 242 Å². The van der Waals surface area contributed by atoms with Crippen molar-refractivity contribution in [1.29, 1.82) is 0 Å². The van der Waals surface area contributed by atoms with Gasteiger partial charge in [-0.2, -0.15) is 0 Å². The van der Waals surface area contributed by atoms with Crippen molar-refractivity contribution >= 4 is 11.8 Å². The molecule has 0 saturated carbocycles. The number of thioether (sulfide) groups is 1. The van der Waals surface area contributed by atoms with E-state index in [4.69, 9.17) is 5.73 Å². The summed E-state index contributed by atoms with van der Waals surface area (Å²) in [6, 6.07) is 0. The fourth-order valence-corrected chi connectivity index (χ4v) is 4.64. The summed E-state index contributed by atoms with van der Waals surface area (Å²) in [7, 11) is 1.97. The molecule has 2 atom stereocenters. The first kappa shape index (κ1) is 44.2. The van der Waals surface area contributed by atoms with Gasteiger partial charge in [0.05, 0.1) is 0 Å². The summed E-state index contributed by atoms with van der Waals surface area (Å²) in [5, 5.41) is 3.18. The van der Waals surface area contributed by atoms with Gasteiger partial charge in [0, 0.05) is 24.5 Å². The van der Waals surface area contributed by atoms with E-state index in [9.17, 15) is 0 Å². The van der Waals surface area contributed by atoms with Crippen LogP contribution in [-0.2, 0) is 0 Å². The molecule has 1 heterocycles. The Morgan fingerprint density at radius 3 is 1.92 bits per heavy atom. The highest BCUT2D eigenvalue weighted by Crippen LogP contribution is 2.26. The fraction of sp³-hybridized carbons (Fsp3) is 1.00. The Kier molecular flexibility index (Phi) is 36.7. The van der Waals surface area contributed by atoms with Crippen molar-refractivity contribution in [1.82, 2.24) is 15.1 Å². The minimum absolute atomic E-state index is 0.100. The van der Waals surface area contributed by atoms with E-state index in [2.05, 4.69) is 89.2 Å². The molecule has 0 aromatic carbocycles. The van der Waals surface area contributed by atoms with Crippen molar-refractivity contribution in [3.8, 4) is 0 Å². The van der Waals surface area contributed by atoms with Gasteiger partial charge in [0.15, 0.2) is 0 Å². The molecule has 4 nitrogen and oxygen atoms in total. The molecule has 1 aliphatic rings. The summed E-state index contributed by atoms with van der Waals surface area (Å²) in [6.45, 7) is 35.2. The van der Waals surface area contributed by atoms with Gasteiger partial charge in [-0.05, 0) is 95.8 Å². The standard InChI is InChI=1S/C15H35N3.C10H21NS.C3H8.2C2H6/c1-7-14(4,8-2)13-18(9-3)11-10-15(5,16)12-17-6;1-3-12-9-11-7-4-5-10(2)6-8-11;1-3-2;2*1-2/h17H,7-13,16H2,1-6H3;10H,3-9H2,1-2H3;3H2,1-2H3;2*1-2H3. The van der Waals surface area contributed by atoms with Gasteiger partial charge < -0.3 is 16.0 Å². The van der Waals surface area contributed by atoms with Crippen molar-refractivity contribution in [2.24, 2.45) is 17.1 Å². The summed E-state index contributed by atoms with van der Waals surface area (Å²) >= 11 is 2.05. The number of hydrogen-bond acceptors (Lipinski definition) is 5. The van der Waals surface area contributed by atoms with Crippen LogP contribution in [0.1, 0.15) is 135 Å². The quantitative estimate of drug-likeness (QED) is 0.241. The lowest BCUT2D eigenvalue weighted by Crippen LogP contribution is -2.48. The molecule has 0 amide bonds. The topological polar surface area (TPSA) is 44.5 Å². The number of nitrogens with zero attached hydrogens (tertiary/aromatic N) is 2. The molecule has 1 aliphatic heterocycles. The van der Waals surface area contributed by atoms with Gasteiger partial charge in [0.2, 0.25) is 0 Å². The van der Waals surface area contributed by atoms with Crippen LogP contribution in [0.5, 0.6) is 0 Å². The first-order valence-corrected chi connectivity index (χ1v) is 17.2. The van der Waals surface area contributed by atoms with Crippen LogP contribution >= 0.6 is 11.8 Å². The normalized spacial score (nSPS) is 17.4. The van der Waals surface area contributed by atoms with E-state index in [0.717, 1.165) is 32.0 Å². The van der Waals surface area contributed by atoms with Crippen molar-refractivity contribution in [3.05, 3.63) is 0 Å². The summed E-state index contributed by atoms with van der Waals surface area (Å²) < 4.78 is 0. The highest BCUT2D eigenvalue weighted by atomic mass is 32.2. The van der Waals surface area contributed by atoms with Crippen molar-refractivity contribution in [2.75, 3.05) is 57.9 Å². The lowest BCUT2D eigenvalue weighted by atomic mass is 9.84. The van der Waals surface area contributed by atoms with Crippen molar-refractivity contribution in [3.63, 3.8) is 0 Å². The lowest BCUT2D eigenvalue weighted by molar-refractivity contribution is 0.149. The van der Waals surface area contributed by atoms with Crippen molar-refractivity contribution in [2.45, 2.75) is 140 Å². The van der Waals surface area contributed by atoms with E-state index in [1.54, 1.807) is 0 Å². The molecule has 0 bridgehead atoms. The third-order valence-electron chi connectivity index (χ3n) is 6.93. The van der Waals surface area contributed by atoms with Crippen LogP contribution in [0.3, 0.4) is 0 Å². The molecule has 1 fully saturated rings. The number of likely N-dealkylation sites (N-methyl/N-ethyl adjacent to an activating group) is 1. The molecule has 230 valence electrons. The number of nitrogens with one attached hydrogen (secondary N) is 1. The predicted octanol–water partition coefficient (Wildman–Crippen LogP) is 8.75. The maximum atomic E-state index is 6.27. The summed E-state index contributed by atoms with van der Waals surface area (Å²) in [6.07, 6.45) is 9.04. The smallest absolute Gasteiger partial charge is 0.0444 e. The zero-order valence-electron chi connectivity index (χ0n) is 28.6. The van der Waals surface area contributed by atoms with Crippen LogP contribution < -0.4 is 11.1 Å². The van der Waals surface area contributed by atoms with E-state index in [1.165, 1.54) is 69.8 Å². The summed E-state index contributed by atoms with van der Waals surface area (Å²) in [4.78, 5) is 5.16. The van der Waals surface area contributed by atoms with Gasteiger partial charge >= 0.3 is 0 Å². The molecular weight excluding hydrogens is 472 g/mol. The van der Waals surface area contributed by atoms with Crippen LogP contribution in [0.4, 0.5) is 0 Å². The van der Waals surface area contributed by atoms with Gasteiger partial charge in [-0.15, -0.1) is 11.8 Å². The fourth-order valence-electron chi connectivity index (χ4n) is 3.94. The molecule has 0 aromatic heterocycles. The van der Waals surface area contributed by atoms with Crippen LogP contribution in [0.15, 0.2) is 0 Å². The molecule has 0 radical (unpaired) electrons. The highest BCUT2D eigenvalue weighted by Gasteiger charge is 2.24. The molecule has 3 N–H and O–H groups in total. The van der Waals surface area contributed by atoms with Gasteiger partial charge in [-0.25, -0.2) is 0 Å². The minimum Gasteiger partial charge on any atom is -0.324 e. The molecule has 1 rings (SSSR count). The SMILES string of the molecule is CC.CC.CCC.CCN(CCC(C)(N)CNC)CC(C)(CC)CC.CCSCN1CCCC(C)CC1. The Hall–Kier alpha value is 0.190. The largest absolute Gasteiger partial charge is 0.324 e. The average molecular weight is 549 g/mol. The molecule has 0 aromatic rings. The second-order valence-electron chi connectivity index (χ2n) is 10.8. The minimum atomic E-state index is -0.100. The lowest BCUT2D eigenvalue weighted by Gasteiger charge is -2.35. The maximum Gasteiger partial charge on any atom is 0.0444 e. The Morgan fingerprint density at radius 2 is 1.49 bits per heavy atom. The Morgan fingerprint density at radius 1 is 0.946 bits per heavy atom. The number of likely N-dealkylation sites (tertiary alicyclic amines) is 1. The molecule has 0 aliphatic carbocycles. The van der Waals surface area contributed by atoms with E-state index >= 15 is 0 Å². The maximum absolute atomic E-state index is 6.27. The number of hydrogen-bond donors (Lipinski definition) is 2. The van der Waals surface area contributed by atoms with Gasteiger partial charge in [-0.1, -0.05) is 89.5 Å². The molecule has 5 heteroatoms. The van der Waals surface area contributed by atoms with E-state index in [0.29, 0.717) is 5.41 Å². The van der Waals surface area contributed by atoms with Gasteiger partial charge in [-0.3, -0.25) is 4.90 Å². The highest BCUT2D eigenvalue weighted by molar-refractivity contribution is 7.99. The third-order valence-corrected chi connectivity index (χ3v) is 7.88. The number of nitrogens with two attached hydrogens (primary N) is 1. The predicted molar refractivity (Wildman–Crippen MR) is 178 cm³/mol. The molecular formula is C32H76N4S. The molecule has 2 unspecified atom stereocenters. The molecule has 37 heavy (non-hydrogen) atoms. The van der Waals surface area contributed by atoms with Gasteiger partial charge in [0.1, 0.15) is 0 Å². The second kappa shape index (κ2) is 30.7. The number of rotatable bonds is 13. The average Bonchev–Trinajstić information content (AvgIpc) is 3.12. The summed E-state index contributed by atoms with van der Waals surface area (Å²) in [5.74, 6) is 3.47. The van der Waals surface area contributed by atoms with E-state index in [1.807, 2.05) is 34.7 Å². The first-order valence-electron chi connectivity index (χ1n) is 16.0. The van der Waals surface area contributed by atoms with E-state index in [-0.39, 0.29) is 5.54 Å². The van der Waals surface area contributed by atoms with Crippen LogP contribution in [0.2, 0.25) is 0 Å². The summed E-state index contributed by atoms with van der Waals surface area (Å²) in [5.41, 5.74) is 6.62. The van der Waals surface area contributed by atoms with Crippen molar-refractivity contribution < 1.29 is 0 Å². The van der Waals surface area contributed by atoms with Gasteiger partial charge in [0.25, 0.3) is 0 Å². The van der Waals surface area contributed by atoms with E-state index < -0.39 is 0 Å². The zero-order chi connectivity index (χ0) is 29.8. The monoisotopic (exact) mass is 549 g/mol.